The minimum atomic E-state index is 0.402. The lowest BCUT2D eigenvalue weighted by Crippen LogP contribution is -2.22. The number of aryl methyl sites for hydroxylation is 2. The van der Waals surface area contributed by atoms with Crippen LogP contribution >= 0.6 is 15.9 Å². The summed E-state index contributed by atoms with van der Waals surface area (Å²) in [6.45, 7) is 8.86. The molecule has 0 saturated heterocycles. The van der Waals surface area contributed by atoms with E-state index in [2.05, 4.69) is 45.2 Å². The molecule has 6 heteroatoms. The van der Waals surface area contributed by atoms with E-state index < -0.39 is 0 Å². The standard InChI is InChI=1S/C15H21BrN4O/c1-9(2)17-7-12-6-13(16)8-18-15(12)21-14-10(3)19-20(5)11(14)4/h6,8-9,17H,7H2,1-5H3. The van der Waals surface area contributed by atoms with Crippen LogP contribution < -0.4 is 10.1 Å². The first-order chi connectivity index (χ1) is 9.88. The molecule has 5 nitrogen and oxygen atoms in total. The van der Waals surface area contributed by atoms with Crippen molar-refractivity contribution < 1.29 is 4.74 Å². The van der Waals surface area contributed by atoms with Crippen LogP contribution in [0.5, 0.6) is 11.6 Å². The van der Waals surface area contributed by atoms with Crippen molar-refractivity contribution in [3.8, 4) is 11.6 Å². The van der Waals surface area contributed by atoms with Gasteiger partial charge in [-0.2, -0.15) is 5.10 Å². The Labute approximate surface area is 133 Å². The Morgan fingerprint density at radius 3 is 2.67 bits per heavy atom. The molecular formula is C15H21BrN4O. The summed E-state index contributed by atoms with van der Waals surface area (Å²) in [7, 11) is 1.91. The van der Waals surface area contributed by atoms with Gasteiger partial charge >= 0.3 is 0 Å². The summed E-state index contributed by atoms with van der Waals surface area (Å²) in [5.74, 6) is 1.39. The lowest BCUT2D eigenvalue weighted by atomic mass is 10.2. The Bertz CT molecular complexity index is 637. The van der Waals surface area contributed by atoms with Crippen molar-refractivity contribution in [1.82, 2.24) is 20.1 Å². The second-order valence-electron chi connectivity index (χ2n) is 5.38. The molecule has 2 aromatic heterocycles. The van der Waals surface area contributed by atoms with Crippen LogP contribution in [0.1, 0.15) is 30.8 Å². The molecule has 114 valence electrons. The van der Waals surface area contributed by atoms with Crippen molar-refractivity contribution in [2.45, 2.75) is 40.3 Å². The Balaban J connectivity index is 2.30. The Hall–Kier alpha value is -1.40. The van der Waals surface area contributed by atoms with E-state index in [4.69, 9.17) is 4.74 Å². The van der Waals surface area contributed by atoms with Crippen LogP contribution in [-0.4, -0.2) is 20.8 Å². The highest BCUT2D eigenvalue weighted by Gasteiger charge is 2.15. The third-order valence-electron chi connectivity index (χ3n) is 3.23. The molecule has 0 spiro atoms. The van der Waals surface area contributed by atoms with Crippen molar-refractivity contribution in [2.75, 3.05) is 0 Å². The summed E-state index contributed by atoms with van der Waals surface area (Å²) >= 11 is 3.46. The van der Waals surface area contributed by atoms with E-state index in [-0.39, 0.29) is 0 Å². The fraction of sp³-hybridized carbons (Fsp3) is 0.467. The van der Waals surface area contributed by atoms with Gasteiger partial charge in [-0.1, -0.05) is 13.8 Å². The smallest absolute Gasteiger partial charge is 0.223 e. The molecule has 0 aromatic carbocycles. The lowest BCUT2D eigenvalue weighted by Gasteiger charge is -2.13. The van der Waals surface area contributed by atoms with Crippen molar-refractivity contribution in [2.24, 2.45) is 7.05 Å². The summed E-state index contributed by atoms with van der Waals surface area (Å²) in [5, 5.41) is 7.76. The molecule has 0 bridgehead atoms. The minimum Gasteiger partial charge on any atom is -0.435 e. The van der Waals surface area contributed by atoms with Gasteiger partial charge in [-0.15, -0.1) is 0 Å². The first-order valence-corrected chi connectivity index (χ1v) is 7.73. The Morgan fingerprint density at radius 2 is 2.10 bits per heavy atom. The molecular weight excluding hydrogens is 332 g/mol. The molecule has 0 saturated carbocycles. The topological polar surface area (TPSA) is 52.0 Å². The van der Waals surface area contributed by atoms with Crippen LogP contribution in [-0.2, 0) is 13.6 Å². The number of aromatic nitrogens is 3. The van der Waals surface area contributed by atoms with Crippen molar-refractivity contribution in [3.63, 3.8) is 0 Å². The first-order valence-electron chi connectivity index (χ1n) is 6.94. The highest BCUT2D eigenvalue weighted by atomic mass is 79.9. The van der Waals surface area contributed by atoms with E-state index in [1.165, 1.54) is 0 Å². The fourth-order valence-corrected chi connectivity index (χ4v) is 2.38. The summed E-state index contributed by atoms with van der Waals surface area (Å²) < 4.78 is 8.78. The predicted molar refractivity (Wildman–Crippen MR) is 86.7 cm³/mol. The van der Waals surface area contributed by atoms with Crippen LogP contribution in [0.2, 0.25) is 0 Å². The predicted octanol–water partition coefficient (Wildman–Crippen LogP) is 3.48. The molecule has 0 amide bonds. The minimum absolute atomic E-state index is 0.402. The zero-order valence-electron chi connectivity index (χ0n) is 13.1. The first kappa shape index (κ1) is 16.0. The molecule has 0 aliphatic rings. The third kappa shape index (κ3) is 3.83. The fourth-order valence-electron chi connectivity index (χ4n) is 2.00. The normalized spacial score (nSPS) is 11.2. The van der Waals surface area contributed by atoms with Crippen molar-refractivity contribution >= 4 is 15.9 Å². The highest BCUT2D eigenvalue weighted by Crippen LogP contribution is 2.30. The largest absolute Gasteiger partial charge is 0.435 e. The SMILES string of the molecule is Cc1nn(C)c(C)c1Oc1ncc(Br)cc1CNC(C)C. The van der Waals surface area contributed by atoms with Crippen LogP contribution in [0.15, 0.2) is 16.7 Å². The molecule has 0 radical (unpaired) electrons. The quantitative estimate of drug-likeness (QED) is 0.894. The van der Waals surface area contributed by atoms with E-state index in [0.29, 0.717) is 18.5 Å². The Morgan fingerprint density at radius 1 is 1.38 bits per heavy atom. The average Bonchev–Trinajstić information content (AvgIpc) is 2.65. The van der Waals surface area contributed by atoms with Gasteiger partial charge in [-0.25, -0.2) is 4.98 Å². The van der Waals surface area contributed by atoms with Crippen molar-refractivity contribution in [3.05, 3.63) is 33.7 Å². The molecule has 0 atom stereocenters. The molecule has 0 aliphatic carbocycles. The second kappa shape index (κ2) is 6.58. The van der Waals surface area contributed by atoms with Gasteiger partial charge in [0.15, 0.2) is 5.75 Å². The van der Waals surface area contributed by atoms with Gasteiger partial charge in [0, 0.05) is 35.9 Å². The number of nitrogens with zero attached hydrogens (tertiary/aromatic N) is 3. The lowest BCUT2D eigenvalue weighted by molar-refractivity contribution is 0.443. The monoisotopic (exact) mass is 352 g/mol. The van der Waals surface area contributed by atoms with Crippen molar-refractivity contribution in [1.29, 1.82) is 0 Å². The van der Waals surface area contributed by atoms with E-state index in [9.17, 15) is 0 Å². The van der Waals surface area contributed by atoms with E-state index >= 15 is 0 Å². The molecule has 2 rings (SSSR count). The number of hydrogen-bond acceptors (Lipinski definition) is 4. The van der Waals surface area contributed by atoms with Crippen LogP contribution in [0.25, 0.3) is 0 Å². The summed E-state index contributed by atoms with van der Waals surface area (Å²) in [5.41, 5.74) is 2.86. The number of pyridine rings is 1. The summed E-state index contributed by atoms with van der Waals surface area (Å²) in [6.07, 6.45) is 1.75. The molecule has 2 aromatic rings. The van der Waals surface area contributed by atoms with Gasteiger partial charge in [0.2, 0.25) is 5.88 Å². The molecule has 2 heterocycles. The maximum atomic E-state index is 6.02. The maximum absolute atomic E-state index is 6.02. The number of halogens is 1. The summed E-state index contributed by atoms with van der Waals surface area (Å²) in [6, 6.07) is 2.43. The number of hydrogen-bond donors (Lipinski definition) is 1. The zero-order chi connectivity index (χ0) is 15.6. The van der Waals surface area contributed by atoms with E-state index in [0.717, 1.165) is 27.2 Å². The third-order valence-corrected chi connectivity index (χ3v) is 3.67. The van der Waals surface area contributed by atoms with E-state index in [1.807, 2.05) is 31.6 Å². The summed E-state index contributed by atoms with van der Waals surface area (Å²) in [4.78, 5) is 4.40. The van der Waals surface area contributed by atoms with Gasteiger partial charge in [-0.05, 0) is 35.8 Å². The van der Waals surface area contributed by atoms with Gasteiger partial charge in [0.05, 0.1) is 5.69 Å². The van der Waals surface area contributed by atoms with Gasteiger partial charge in [-0.3, -0.25) is 4.68 Å². The van der Waals surface area contributed by atoms with Gasteiger partial charge < -0.3 is 10.1 Å². The second-order valence-corrected chi connectivity index (χ2v) is 6.29. The number of ether oxygens (including phenoxy) is 1. The Kier molecular flexibility index (Phi) is 5.00. The molecule has 0 aliphatic heterocycles. The van der Waals surface area contributed by atoms with Crippen LogP contribution in [0.3, 0.4) is 0 Å². The van der Waals surface area contributed by atoms with Crippen LogP contribution in [0, 0.1) is 13.8 Å². The molecule has 1 N–H and O–H groups in total. The van der Waals surface area contributed by atoms with Gasteiger partial charge in [0.25, 0.3) is 0 Å². The molecule has 21 heavy (non-hydrogen) atoms. The number of nitrogens with one attached hydrogen (secondary N) is 1. The maximum Gasteiger partial charge on any atom is 0.223 e. The number of rotatable bonds is 5. The zero-order valence-corrected chi connectivity index (χ0v) is 14.7. The van der Waals surface area contributed by atoms with Crippen LogP contribution in [0.4, 0.5) is 0 Å². The van der Waals surface area contributed by atoms with Gasteiger partial charge in [0.1, 0.15) is 5.69 Å². The molecule has 0 unspecified atom stereocenters. The highest BCUT2D eigenvalue weighted by molar-refractivity contribution is 9.10. The average molecular weight is 353 g/mol. The molecule has 0 fully saturated rings. The van der Waals surface area contributed by atoms with E-state index in [1.54, 1.807) is 6.20 Å².